The number of carbonyl (C=O) groups excluding carboxylic acids is 2. The number of hydrogen-bond acceptors (Lipinski definition) is 8. The molecule has 1 heterocycles. The van der Waals surface area contributed by atoms with Gasteiger partial charge in [-0.25, -0.2) is 9.78 Å². The summed E-state index contributed by atoms with van der Waals surface area (Å²) in [5, 5.41) is 16.2. The molecule has 0 radical (unpaired) electrons. The quantitative estimate of drug-likeness (QED) is 0.309. The van der Waals surface area contributed by atoms with Gasteiger partial charge >= 0.3 is 11.9 Å². The third-order valence-corrected chi connectivity index (χ3v) is 5.33. The van der Waals surface area contributed by atoms with Gasteiger partial charge < -0.3 is 19.3 Å². The molecule has 0 aliphatic heterocycles. The fraction of sp³-hybridized carbons (Fsp3) is 0.273. The number of aliphatic hydroxyl groups is 1. The van der Waals surface area contributed by atoms with Crippen molar-refractivity contribution in [3.05, 3.63) is 70.2 Å². The number of hydrogen-bond donors (Lipinski definition) is 1. The van der Waals surface area contributed by atoms with Crippen LogP contribution in [0.3, 0.4) is 0 Å². The number of carbonyl (C=O) groups is 2. The maximum absolute atomic E-state index is 13.4. The van der Waals surface area contributed by atoms with E-state index in [1.807, 2.05) is 0 Å². The van der Waals surface area contributed by atoms with E-state index >= 15 is 0 Å². The van der Waals surface area contributed by atoms with E-state index < -0.39 is 29.7 Å². The van der Waals surface area contributed by atoms with Crippen LogP contribution in [0.1, 0.15) is 13.8 Å². The smallest absolute Gasteiger partial charge is 0.376 e. The summed E-state index contributed by atoms with van der Waals surface area (Å²) < 4.78 is 17.0. The maximum atomic E-state index is 13.4. The van der Waals surface area contributed by atoms with Crippen LogP contribution >= 0.6 is 34.8 Å². The molecule has 180 valence electrons. The summed E-state index contributed by atoms with van der Waals surface area (Å²) in [6.07, 6.45) is 2.26. The zero-order chi connectivity index (χ0) is 24.9. The lowest BCUT2D eigenvalue weighted by Crippen LogP contribution is -2.54. The first-order valence-corrected chi connectivity index (χ1v) is 10.9. The van der Waals surface area contributed by atoms with Crippen molar-refractivity contribution in [1.82, 2.24) is 14.8 Å². The largest absolute Gasteiger partial charge is 0.480 e. The van der Waals surface area contributed by atoms with E-state index in [2.05, 4.69) is 10.1 Å². The first-order valence-electron chi connectivity index (χ1n) is 9.82. The number of nitrogens with zero attached hydrogens (tertiary/aromatic N) is 3. The molecule has 34 heavy (non-hydrogen) atoms. The van der Waals surface area contributed by atoms with Crippen LogP contribution in [0.2, 0.25) is 15.1 Å². The number of Topliss-reactive ketones (excluding diaryl/α,β-unsaturated/α-hetero) is 1. The van der Waals surface area contributed by atoms with Gasteiger partial charge in [0.2, 0.25) is 5.78 Å². The lowest BCUT2D eigenvalue weighted by atomic mass is 9.86. The van der Waals surface area contributed by atoms with Crippen LogP contribution in [0, 0.1) is 5.41 Å². The number of ketones is 1. The third-order valence-electron chi connectivity index (χ3n) is 4.55. The second-order valence-corrected chi connectivity index (χ2v) is 9.02. The highest BCUT2D eigenvalue weighted by molar-refractivity contribution is 6.35. The van der Waals surface area contributed by atoms with E-state index in [0.29, 0.717) is 10.0 Å². The normalized spacial score (nSPS) is 13.1. The summed E-state index contributed by atoms with van der Waals surface area (Å²) in [6.45, 7) is 2.11. The van der Waals surface area contributed by atoms with Gasteiger partial charge in [0, 0.05) is 10.0 Å². The van der Waals surface area contributed by atoms with Gasteiger partial charge in [-0.15, -0.1) is 0 Å². The number of rotatable bonds is 10. The summed E-state index contributed by atoms with van der Waals surface area (Å²) in [6, 6.07) is 10.6. The van der Waals surface area contributed by atoms with Crippen molar-refractivity contribution in [2.24, 2.45) is 5.41 Å². The van der Waals surface area contributed by atoms with E-state index in [4.69, 9.17) is 49.0 Å². The summed E-state index contributed by atoms with van der Waals surface area (Å²) >= 11 is 17.7. The number of esters is 1. The van der Waals surface area contributed by atoms with Gasteiger partial charge in [0.1, 0.15) is 30.8 Å². The third kappa shape index (κ3) is 6.18. The molecule has 1 aromatic heterocycles. The van der Waals surface area contributed by atoms with Gasteiger partial charge in [0.05, 0.1) is 10.4 Å². The molecule has 3 aromatic rings. The Bertz CT molecular complexity index is 1160. The molecule has 1 N–H and O–H groups in total. The van der Waals surface area contributed by atoms with E-state index in [1.165, 1.54) is 50.2 Å². The second-order valence-electron chi connectivity index (χ2n) is 7.74. The molecular weight excluding hydrogens is 509 g/mol. The minimum absolute atomic E-state index is 0.150. The Morgan fingerprint density at radius 2 is 1.74 bits per heavy atom. The van der Waals surface area contributed by atoms with Crippen LogP contribution in [0.5, 0.6) is 11.5 Å². The van der Waals surface area contributed by atoms with Crippen molar-refractivity contribution >= 4 is 46.6 Å². The molecule has 0 saturated carbocycles. The molecule has 0 spiro atoms. The molecule has 0 fully saturated rings. The zero-order valence-electron chi connectivity index (χ0n) is 18.1. The number of halogens is 3. The summed E-state index contributed by atoms with van der Waals surface area (Å²) in [5.41, 5.74) is -1.40. The van der Waals surface area contributed by atoms with Crippen molar-refractivity contribution < 1.29 is 28.9 Å². The highest BCUT2D eigenvalue weighted by Gasteiger charge is 2.50. The molecule has 9 nitrogen and oxygen atoms in total. The second kappa shape index (κ2) is 10.6. The minimum Gasteiger partial charge on any atom is -0.480 e. The molecular formula is C22H20Cl3N3O6. The Kier molecular flexibility index (Phi) is 8.04. The Labute approximate surface area is 210 Å². The highest BCUT2D eigenvalue weighted by atomic mass is 35.5. The van der Waals surface area contributed by atoms with Crippen molar-refractivity contribution in [2.45, 2.75) is 19.8 Å². The van der Waals surface area contributed by atoms with Crippen LogP contribution in [0.25, 0.3) is 0 Å². The number of aromatic nitrogens is 3. The monoisotopic (exact) mass is 527 g/mol. The molecule has 0 amide bonds. The van der Waals surface area contributed by atoms with Gasteiger partial charge in [-0.3, -0.25) is 4.79 Å². The first-order chi connectivity index (χ1) is 16.0. The predicted octanol–water partition coefficient (Wildman–Crippen LogP) is 4.14. The first kappa shape index (κ1) is 25.8. The molecule has 0 bridgehead atoms. The molecule has 1 unspecified atom stereocenters. The topological polar surface area (TPSA) is 113 Å². The van der Waals surface area contributed by atoms with Crippen LogP contribution in [-0.2, 0) is 20.2 Å². The summed E-state index contributed by atoms with van der Waals surface area (Å²) in [5.74, 6) is -3.77. The van der Waals surface area contributed by atoms with Gasteiger partial charge in [-0.1, -0.05) is 34.8 Å². The molecule has 1 atom stereocenters. The van der Waals surface area contributed by atoms with Gasteiger partial charge in [0.25, 0.3) is 0 Å². The molecule has 0 aliphatic carbocycles. The summed E-state index contributed by atoms with van der Waals surface area (Å²) in [4.78, 5) is 29.4. The number of benzene rings is 2. The van der Waals surface area contributed by atoms with Crippen molar-refractivity contribution in [2.75, 3.05) is 13.2 Å². The van der Waals surface area contributed by atoms with Crippen molar-refractivity contribution in [1.29, 1.82) is 0 Å². The Morgan fingerprint density at radius 1 is 1.06 bits per heavy atom. The maximum Gasteiger partial charge on any atom is 0.376 e. The average Bonchev–Trinajstić information content (AvgIpc) is 3.34. The standard InChI is InChI=1S/C22H20Cl3N3O6/c1-21(2,11-33-19(29)10-32-18-8-5-15(24)9-17(18)25)20(30)22(31,28-13-26-12-27-28)34-16-6-3-14(23)4-7-16/h3-9,12-13,31H,10-11H2,1-2H3. The molecule has 0 saturated heterocycles. The molecule has 3 rings (SSSR count). The van der Waals surface area contributed by atoms with Crippen molar-refractivity contribution in [3.8, 4) is 11.5 Å². The van der Waals surface area contributed by atoms with Crippen LogP contribution < -0.4 is 9.47 Å². The zero-order valence-corrected chi connectivity index (χ0v) is 20.3. The fourth-order valence-corrected chi connectivity index (χ4v) is 3.36. The SMILES string of the molecule is CC(C)(COC(=O)COc1ccc(Cl)cc1Cl)C(=O)C(O)(Oc1ccc(Cl)cc1)n1cncn1. The Balaban J connectivity index is 1.69. The van der Waals surface area contributed by atoms with Crippen molar-refractivity contribution in [3.63, 3.8) is 0 Å². The highest BCUT2D eigenvalue weighted by Crippen LogP contribution is 2.31. The Morgan fingerprint density at radius 3 is 2.35 bits per heavy atom. The summed E-state index contributed by atoms with van der Waals surface area (Å²) in [7, 11) is 0. The predicted molar refractivity (Wildman–Crippen MR) is 124 cm³/mol. The molecule has 0 aliphatic rings. The fourth-order valence-electron chi connectivity index (χ4n) is 2.77. The molecule has 12 heteroatoms. The van der Waals surface area contributed by atoms with Crippen LogP contribution in [0.4, 0.5) is 0 Å². The lowest BCUT2D eigenvalue weighted by molar-refractivity contribution is -0.222. The lowest BCUT2D eigenvalue weighted by Gasteiger charge is -2.33. The average molecular weight is 529 g/mol. The van der Waals surface area contributed by atoms with E-state index in [0.717, 1.165) is 17.3 Å². The van der Waals surface area contributed by atoms with E-state index in [-0.39, 0.29) is 23.1 Å². The van der Waals surface area contributed by atoms with Gasteiger partial charge in [-0.2, -0.15) is 9.78 Å². The number of ether oxygens (including phenoxy) is 3. The van der Waals surface area contributed by atoms with Gasteiger partial charge in [-0.05, 0) is 56.3 Å². The minimum atomic E-state index is -2.58. The van der Waals surface area contributed by atoms with Crippen LogP contribution in [0.15, 0.2) is 55.1 Å². The Hall–Kier alpha value is -2.85. The van der Waals surface area contributed by atoms with E-state index in [9.17, 15) is 14.7 Å². The van der Waals surface area contributed by atoms with E-state index in [1.54, 1.807) is 6.07 Å². The molecule has 2 aromatic carbocycles. The van der Waals surface area contributed by atoms with Crippen LogP contribution in [-0.4, -0.2) is 44.8 Å². The van der Waals surface area contributed by atoms with Gasteiger partial charge in [0.15, 0.2) is 6.61 Å².